The minimum absolute atomic E-state index is 0. The highest BCUT2D eigenvalue weighted by atomic mass is 16.2. The largest absolute Gasteiger partial charge is 0.412 e. The van der Waals surface area contributed by atoms with Crippen molar-refractivity contribution in [2.75, 3.05) is 6.61 Å². The lowest BCUT2D eigenvalue weighted by Gasteiger charge is -1.95. The van der Waals surface area contributed by atoms with E-state index >= 15 is 0 Å². The molecule has 0 fully saturated rings. The molecule has 0 aromatic carbocycles. The second-order valence-corrected chi connectivity index (χ2v) is 2.49. The Morgan fingerprint density at radius 2 is 1.40 bits per heavy atom. The molecule has 3 N–H and O–H groups in total. The minimum Gasteiger partial charge on any atom is -0.412 e. The summed E-state index contributed by atoms with van der Waals surface area (Å²) in [6, 6.07) is 0. The summed E-state index contributed by atoms with van der Waals surface area (Å²) in [7, 11) is 0. The topological polar surface area (TPSA) is 51.7 Å². The van der Waals surface area contributed by atoms with Gasteiger partial charge in [0.05, 0.1) is 0 Å². The molecule has 0 radical (unpaired) electrons. The molecule has 64 valence electrons. The Labute approximate surface area is 63.6 Å². The fourth-order valence-corrected chi connectivity index (χ4v) is 0.892. The first-order valence-electron chi connectivity index (χ1n) is 4.02. The second-order valence-electron chi connectivity index (χ2n) is 2.49. The average molecular weight is 148 g/mol. The first-order valence-corrected chi connectivity index (χ1v) is 4.02. The Morgan fingerprint density at radius 3 is 1.90 bits per heavy atom. The Morgan fingerprint density at radius 1 is 0.900 bits per heavy atom. The third kappa shape index (κ3) is 10.8. The summed E-state index contributed by atoms with van der Waals surface area (Å²) < 4.78 is 0. The van der Waals surface area contributed by atoms with Crippen molar-refractivity contribution in [3.63, 3.8) is 0 Å². The summed E-state index contributed by atoms with van der Waals surface area (Å²) in [5, 5.41) is 8.42. The maximum Gasteiger partial charge on any atom is 0.0431 e. The fraction of sp³-hybridized carbons (Fsp3) is 1.00. The zero-order chi connectivity index (χ0) is 6.95. The molecule has 0 aliphatic rings. The fourth-order valence-electron chi connectivity index (χ4n) is 0.892. The van der Waals surface area contributed by atoms with Crippen LogP contribution in [0.15, 0.2) is 0 Å². The maximum absolute atomic E-state index is 8.42. The highest BCUT2D eigenvalue weighted by molar-refractivity contribution is 4.41. The molecule has 0 amide bonds. The van der Waals surface area contributed by atoms with Gasteiger partial charge in [-0.2, -0.15) is 0 Å². The lowest BCUT2D eigenvalue weighted by atomic mass is 10.1. The number of unbranched alkanes of at least 4 members (excludes halogenated alkanes) is 5. The first kappa shape index (κ1) is 12.6. The van der Waals surface area contributed by atoms with E-state index < -0.39 is 0 Å². The van der Waals surface area contributed by atoms with Crippen LogP contribution in [0.25, 0.3) is 0 Å². The van der Waals surface area contributed by atoms with E-state index in [2.05, 4.69) is 6.92 Å². The van der Waals surface area contributed by atoms with Crippen LogP contribution in [-0.4, -0.2) is 17.2 Å². The van der Waals surface area contributed by atoms with Crippen molar-refractivity contribution in [2.24, 2.45) is 0 Å². The van der Waals surface area contributed by atoms with Crippen molar-refractivity contribution >= 4 is 0 Å². The van der Waals surface area contributed by atoms with E-state index in [1.165, 1.54) is 32.1 Å². The van der Waals surface area contributed by atoms with E-state index in [0.717, 1.165) is 6.42 Å². The van der Waals surface area contributed by atoms with E-state index in [1.54, 1.807) is 0 Å². The molecule has 0 aliphatic carbocycles. The number of rotatable bonds is 6. The van der Waals surface area contributed by atoms with Gasteiger partial charge in [0, 0.05) is 6.61 Å². The third-order valence-electron chi connectivity index (χ3n) is 1.51. The van der Waals surface area contributed by atoms with Gasteiger partial charge in [0.2, 0.25) is 0 Å². The van der Waals surface area contributed by atoms with Crippen LogP contribution in [0.4, 0.5) is 0 Å². The van der Waals surface area contributed by atoms with E-state index in [4.69, 9.17) is 5.11 Å². The Balaban J connectivity index is 0. The summed E-state index contributed by atoms with van der Waals surface area (Å²) in [6.07, 6.45) is 7.50. The molecule has 0 unspecified atom stereocenters. The SMILES string of the molecule is CCCCCCCCO.O. The molecular formula is C8H20O2. The van der Waals surface area contributed by atoms with Gasteiger partial charge >= 0.3 is 0 Å². The smallest absolute Gasteiger partial charge is 0.0431 e. The molecule has 0 saturated carbocycles. The highest BCUT2D eigenvalue weighted by Crippen LogP contribution is 2.03. The summed E-state index contributed by atoms with van der Waals surface area (Å²) in [4.78, 5) is 0. The second kappa shape index (κ2) is 11.7. The van der Waals surface area contributed by atoms with Crippen molar-refractivity contribution < 1.29 is 10.6 Å². The average Bonchev–Trinajstić information content (AvgIpc) is 1.89. The van der Waals surface area contributed by atoms with Gasteiger partial charge in [-0.25, -0.2) is 0 Å². The van der Waals surface area contributed by atoms with Gasteiger partial charge in [0.25, 0.3) is 0 Å². The molecule has 0 heterocycles. The van der Waals surface area contributed by atoms with E-state index in [0.29, 0.717) is 6.61 Å². The quantitative estimate of drug-likeness (QED) is 0.570. The molecular weight excluding hydrogens is 128 g/mol. The van der Waals surface area contributed by atoms with E-state index in [-0.39, 0.29) is 5.48 Å². The summed E-state index contributed by atoms with van der Waals surface area (Å²) in [6.45, 7) is 2.58. The van der Waals surface area contributed by atoms with Crippen molar-refractivity contribution in [1.29, 1.82) is 0 Å². The number of hydrogen-bond donors (Lipinski definition) is 1. The molecule has 2 heteroatoms. The predicted molar refractivity (Wildman–Crippen MR) is 44.1 cm³/mol. The van der Waals surface area contributed by atoms with Gasteiger partial charge < -0.3 is 10.6 Å². The van der Waals surface area contributed by atoms with Crippen LogP contribution in [0.5, 0.6) is 0 Å². The van der Waals surface area contributed by atoms with Crippen LogP contribution < -0.4 is 0 Å². The Hall–Kier alpha value is -0.0800. The maximum atomic E-state index is 8.42. The molecule has 0 saturated heterocycles. The summed E-state index contributed by atoms with van der Waals surface area (Å²) in [5.74, 6) is 0. The predicted octanol–water partition coefficient (Wildman–Crippen LogP) is 1.51. The highest BCUT2D eigenvalue weighted by Gasteiger charge is 1.86. The van der Waals surface area contributed by atoms with Gasteiger partial charge in [0.1, 0.15) is 0 Å². The van der Waals surface area contributed by atoms with Crippen molar-refractivity contribution in [3.8, 4) is 0 Å². The molecule has 0 rings (SSSR count). The van der Waals surface area contributed by atoms with Crippen LogP contribution in [0.3, 0.4) is 0 Å². The van der Waals surface area contributed by atoms with Crippen LogP contribution in [0.2, 0.25) is 0 Å². The van der Waals surface area contributed by atoms with Crippen LogP contribution in [-0.2, 0) is 0 Å². The molecule has 10 heavy (non-hydrogen) atoms. The molecule has 0 aromatic rings. The molecule has 0 atom stereocenters. The normalized spacial score (nSPS) is 9.00. The van der Waals surface area contributed by atoms with Gasteiger partial charge in [-0.3, -0.25) is 0 Å². The minimum atomic E-state index is 0. The zero-order valence-electron chi connectivity index (χ0n) is 6.90. The first-order chi connectivity index (χ1) is 4.41. The van der Waals surface area contributed by atoms with Crippen molar-refractivity contribution in [2.45, 2.75) is 45.4 Å². The molecule has 0 aliphatic heterocycles. The lowest BCUT2D eigenvalue weighted by Crippen LogP contribution is -1.82. The number of aliphatic hydroxyl groups is 1. The van der Waals surface area contributed by atoms with Gasteiger partial charge in [-0.05, 0) is 6.42 Å². The Kier molecular flexibility index (Phi) is 14.7. The van der Waals surface area contributed by atoms with E-state index in [9.17, 15) is 0 Å². The zero-order valence-corrected chi connectivity index (χ0v) is 6.90. The van der Waals surface area contributed by atoms with Gasteiger partial charge in [0.15, 0.2) is 0 Å². The molecule has 0 bridgehead atoms. The van der Waals surface area contributed by atoms with Gasteiger partial charge in [-0.1, -0.05) is 39.0 Å². The van der Waals surface area contributed by atoms with Crippen molar-refractivity contribution in [3.05, 3.63) is 0 Å². The lowest BCUT2D eigenvalue weighted by molar-refractivity contribution is 0.282. The number of hydrogen-bond acceptors (Lipinski definition) is 1. The van der Waals surface area contributed by atoms with Crippen LogP contribution in [0, 0.1) is 0 Å². The number of aliphatic hydroxyl groups excluding tert-OH is 1. The standard InChI is InChI=1S/C8H18O.H2O/c1-2-3-4-5-6-7-8-9;/h9H,2-8H2,1H3;1H2. The third-order valence-corrected chi connectivity index (χ3v) is 1.51. The molecule has 0 aromatic heterocycles. The van der Waals surface area contributed by atoms with E-state index in [1.807, 2.05) is 0 Å². The van der Waals surface area contributed by atoms with Gasteiger partial charge in [-0.15, -0.1) is 0 Å². The van der Waals surface area contributed by atoms with Crippen LogP contribution >= 0.6 is 0 Å². The Bertz CT molecular complexity index is 40.5. The van der Waals surface area contributed by atoms with Crippen molar-refractivity contribution in [1.82, 2.24) is 0 Å². The molecule has 0 spiro atoms. The monoisotopic (exact) mass is 148 g/mol. The van der Waals surface area contributed by atoms with Crippen LogP contribution in [0.1, 0.15) is 45.4 Å². The molecule has 2 nitrogen and oxygen atoms in total. The summed E-state index contributed by atoms with van der Waals surface area (Å²) >= 11 is 0. The summed E-state index contributed by atoms with van der Waals surface area (Å²) in [5.41, 5.74) is 0.